The number of halogens is 1. The van der Waals surface area contributed by atoms with Crippen molar-refractivity contribution in [3.05, 3.63) is 5.69 Å². The van der Waals surface area contributed by atoms with Crippen molar-refractivity contribution in [2.75, 3.05) is 24.7 Å². The number of nitrogens with zero attached hydrogens (tertiary/aromatic N) is 1. The minimum atomic E-state index is -0.369. The smallest absolute Gasteiger partial charge is 0.230 e. The summed E-state index contributed by atoms with van der Waals surface area (Å²) in [6.45, 7) is 4.29. The van der Waals surface area contributed by atoms with E-state index in [0.717, 1.165) is 9.90 Å². The number of thiazole rings is 1. The van der Waals surface area contributed by atoms with E-state index in [0.29, 0.717) is 11.7 Å². The first-order valence-corrected chi connectivity index (χ1v) is 7.58. The summed E-state index contributed by atoms with van der Waals surface area (Å²) in [5.74, 6) is -0.358. The van der Waals surface area contributed by atoms with E-state index in [9.17, 15) is 9.59 Å². The normalized spacial score (nSPS) is 11.6. The molecule has 0 radical (unpaired) electrons. The second-order valence-electron chi connectivity index (χ2n) is 4.09. The fraction of sp³-hybridized carbons (Fsp3) is 0.545. The van der Waals surface area contributed by atoms with Crippen LogP contribution in [0.2, 0.25) is 0 Å². The van der Waals surface area contributed by atoms with Gasteiger partial charge in [0.25, 0.3) is 0 Å². The van der Waals surface area contributed by atoms with Crippen LogP contribution >= 0.6 is 35.5 Å². The standard InChI is InChI=1S/C11H18N4O2S2.ClH/c1-6(4-13-3)9(17)15-11-14-7(2)10(19-11)18-5-8(12)16;/h6,13H,4-5H2,1-3H3,(H2,12,16)(H,14,15,17);1H. The Morgan fingerprint density at radius 1 is 1.50 bits per heavy atom. The number of anilines is 1. The van der Waals surface area contributed by atoms with Crippen molar-refractivity contribution < 1.29 is 9.59 Å². The lowest BCUT2D eigenvalue weighted by molar-refractivity contribution is -0.119. The molecule has 0 bridgehead atoms. The lowest BCUT2D eigenvalue weighted by atomic mass is 10.2. The zero-order valence-corrected chi connectivity index (χ0v) is 14.0. The Hall–Kier alpha value is -0.830. The van der Waals surface area contributed by atoms with E-state index in [-0.39, 0.29) is 35.9 Å². The zero-order chi connectivity index (χ0) is 14.4. The van der Waals surface area contributed by atoms with Crippen LogP contribution in [0.25, 0.3) is 0 Å². The topological polar surface area (TPSA) is 97.1 Å². The molecule has 2 amide bonds. The number of primary amides is 1. The van der Waals surface area contributed by atoms with E-state index in [4.69, 9.17) is 5.73 Å². The van der Waals surface area contributed by atoms with Gasteiger partial charge in [-0.25, -0.2) is 4.98 Å². The van der Waals surface area contributed by atoms with Crippen LogP contribution in [-0.4, -0.2) is 36.1 Å². The lowest BCUT2D eigenvalue weighted by Crippen LogP contribution is -2.28. The highest BCUT2D eigenvalue weighted by atomic mass is 35.5. The van der Waals surface area contributed by atoms with E-state index in [2.05, 4.69) is 15.6 Å². The predicted octanol–water partition coefficient (Wildman–Crippen LogP) is 1.24. The first kappa shape index (κ1) is 19.2. The van der Waals surface area contributed by atoms with Gasteiger partial charge >= 0.3 is 0 Å². The van der Waals surface area contributed by atoms with Crippen LogP contribution in [0.15, 0.2) is 4.21 Å². The highest BCUT2D eigenvalue weighted by molar-refractivity contribution is 8.01. The maximum atomic E-state index is 11.8. The third kappa shape index (κ3) is 6.08. The second kappa shape index (κ2) is 9.17. The van der Waals surface area contributed by atoms with Gasteiger partial charge in [-0.2, -0.15) is 0 Å². The number of nitrogens with one attached hydrogen (secondary N) is 2. The van der Waals surface area contributed by atoms with Crippen LogP contribution in [0, 0.1) is 12.8 Å². The van der Waals surface area contributed by atoms with Gasteiger partial charge in [0.1, 0.15) is 0 Å². The third-order valence-electron chi connectivity index (χ3n) is 2.29. The molecule has 1 aromatic rings. The molecule has 0 aliphatic carbocycles. The Labute approximate surface area is 132 Å². The van der Waals surface area contributed by atoms with E-state index in [1.54, 1.807) is 7.05 Å². The van der Waals surface area contributed by atoms with Crippen molar-refractivity contribution >= 4 is 52.5 Å². The van der Waals surface area contributed by atoms with E-state index in [1.807, 2.05) is 13.8 Å². The van der Waals surface area contributed by atoms with Gasteiger partial charge in [0.15, 0.2) is 5.13 Å². The molecule has 0 saturated heterocycles. The van der Waals surface area contributed by atoms with Crippen LogP contribution in [0.1, 0.15) is 12.6 Å². The molecule has 1 rings (SSSR count). The molecule has 1 unspecified atom stereocenters. The first-order chi connectivity index (χ1) is 8.93. The van der Waals surface area contributed by atoms with Gasteiger partial charge in [-0.1, -0.05) is 18.3 Å². The van der Waals surface area contributed by atoms with Gasteiger partial charge in [0.05, 0.1) is 15.7 Å². The number of aromatic nitrogens is 1. The van der Waals surface area contributed by atoms with Crippen molar-refractivity contribution in [3.63, 3.8) is 0 Å². The van der Waals surface area contributed by atoms with Crippen molar-refractivity contribution in [2.24, 2.45) is 11.7 Å². The second-order valence-corrected chi connectivity index (χ2v) is 6.34. The summed E-state index contributed by atoms with van der Waals surface area (Å²) in [7, 11) is 1.80. The van der Waals surface area contributed by atoms with Gasteiger partial charge in [-0.3, -0.25) is 9.59 Å². The molecule has 0 aliphatic heterocycles. The summed E-state index contributed by atoms with van der Waals surface area (Å²) >= 11 is 2.70. The molecule has 114 valence electrons. The molecule has 20 heavy (non-hydrogen) atoms. The van der Waals surface area contributed by atoms with Gasteiger partial charge in [-0.05, 0) is 14.0 Å². The number of carbonyl (C=O) groups is 2. The number of amides is 2. The van der Waals surface area contributed by atoms with E-state index < -0.39 is 0 Å². The fourth-order valence-corrected chi connectivity index (χ4v) is 3.21. The Balaban J connectivity index is 0.00000361. The maximum Gasteiger partial charge on any atom is 0.230 e. The predicted molar refractivity (Wildman–Crippen MR) is 85.7 cm³/mol. The van der Waals surface area contributed by atoms with Crippen molar-refractivity contribution in [3.8, 4) is 0 Å². The number of hydrogen-bond donors (Lipinski definition) is 3. The number of nitrogens with two attached hydrogens (primary N) is 1. The summed E-state index contributed by atoms with van der Waals surface area (Å²) in [4.78, 5) is 26.8. The number of rotatable bonds is 7. The van der Waals surface area contributed by atoms with Crippen LogP contribution in [0.4, 0.5) is 5.13 Å². The number of thioether (sulfide) groups is 1. The molecule has 1 heterocycles. The van der Waals surface area contributed by atoms with Crippen LogP contribution in [0.3, 0.4) is 0 Å². The minimum absolute atomic E-state index is 0. The number of hydrogen-bond acceptors (Lipinski definition) is 6. The molecule has 1 atom stereocenters. The molecule has 9 heteroatoms. The average Bonchev–Trinajstić information content (AvgIpc) is 2.67. The van der Waals surface area contributed by atoms with E-state index >= 15 is 0 Å². The van der Waals surface area contributed by atoms with Crippen molar-refractivity contribution in [2.45, 2.75) is 18.1 Å². The van der Waals surface area contributed by atoms with Crippen molar-refractivity contribution in [1.29, 1.82) is 0 Å². The highest BCUT2D eigenvalue weighted by Crippen LogP contribution is 2.31. The molecule has 0 aromatic carbocycles. The molecule has 0 saturated carbocycles. The first-order valence-electron chi connectivity index (χ1n) is 5.78. The fourth-order valence-electron chi connectivity index (χ4n) is 1.33. The highest BCUT2D eigenvalue weighted by Gasteiger charge is 2.15. The van der Waals surface area contributed by atoms with Gasteiger partial charge in [-0.15, -0.1) is 24.2 Å². The van der Waals surface area contributed by atoms with Crippen molar-refractivity contribution in [1.82, 2.24) is 10.3 Å². The molecular weight excluding hydrogens is 320 g/mol. The molecule has 0 aliphatic rings. The lowest BCUT2D eigenvalue weighted by Gasteiger charge is -2.09. The quantitative estimate of drug-likeness (QED) is 0.650. The largest absolute Gasteiger partial charge is 0.369 e. The Kier molecular flexibility index (Phi) is 8.79. The van der Waals surface area contributed by atoms with Crippen LogP contribution in [-0.2, 0) is 9.59 Å². The molecule has 6 nitrogen and oxygen atoms in total. The molecule has 0 spiro atoms. The SMILES string of the molecule is CNCC(C)C(=O)Nc1nc(C)c(SCC(N)=O)s1.Cl. The summed E-state index contributed by atoms with van der Waals surface area (Å²) in [6.07, 6.45) is 0. The summed E-state index contributed by atoms with van der Waals surface area (Å²) in [6, 6.07) is 0. The van der Waals surface area contributed by atoms with Gasteiger partial charge in [0, 0.05) is 12.5 Å². The average molecular weight is 339 g/mol. The monoisotopic (exact) mass is 338 g/mol. The summed E-state index contributed by atoms with van der Waals surface area (Å²) in [5.41, 5.74) is 5.90. The minimum Gasteiger partial charge on any atom is -0.369 e. The Morgan fingerprint density at radius 3 is 2.70 bits per heavy atom. The Morgan fingerprint density at radius 2 is 2.15 bits per heavy atom. The molecular formula is C11H19ClN4O2S2. The summed E-state index contributed by atoms with van der Waals surface area (Å²) in [5, 5.41) is 6.28. The molecule has 4 N–H and O–H groups in total. The number of carbonyl (C=O) groups excluding carboxylic acids is 2. The molecule has 0 fully saturated rings. The third-order valence-corrected chi connectivity index (χ3v) is 4.75. The summed E-state index contributed by atoms with van der Waals surface area (Å²) < 4.78 is 0.898. The van der Waals surface area contributed by atoms with Gasteiger partial charge < -0.3 is 16.4 Å². The molecule has 1 aromatic heterocycles. The number of aryl methyl sites for hydroxylation is 1. The zero-order valence-electron chi connectivity index (χ0n) is 11.6. The van der Waals surface area contributed by atoms with Gasteiger partial charge in [0.2, 0.25) is 11.8 Å². The van der Waals surface area contributed by atoms with Crippen LogP contribution < -0.4 is 16.4 Å². The maximum absolute atomic E-state index is 11.8. The Bertz CT molecular complexity index is 467. The van der Waals surface area contributed by atoms with E-state index in [1.165, 1.54) is 23.1 Å². The van der Waals surface area contributed by atoms with Crippen LogP contribution in [0.5, 0.6) is 0 Å².